The van der Waals surface area contributed by atoms with Crippen LogP contribution in [-0.4, -0.2) is 65.9 Å². The maximum absolute atomic E-state index is 14.5. The molecule has 2 aliphatic rings. The molecule has 0 saturated carbocycles. The van der Waals surface area contributed by atoms with Crippen LogP contribution < -0.4 is 10.2 Å². The van der Waals surface area contributed by atoms with Crippen LogP contribution in [0.25, 0.3) is 0 Å². The number of nitrogens with zero attached hydrogens (tertiary/aromatic N) is 3. The third-order valence-electron chi connectivity index (χ3n) is 7.31. The fourth-order valence-corrected chi connectivity index (χ4v) is 5.43. The number of carbonyl (C=O) groups excluding carboxylic acids is 3. The van der Waals surface area contributed by atoms with Crippen molar-refractivity contribution < 1.29 is 18.8 Å². The number of hydrogen-bond acceptors (Lipinski definition) is 4. The summed E-state index contributed by atoms with van der Waals surface area (Å²) in [5.41, 5.74) is 0.553. The standard InChI is InChI=1S/C27H32BrFN4O3/c1-17(2)23(30-24(34)21-7-5-6-18(3)22(21)29)25(35)32-14-12-27(13-15-32)26(36)31(4)16-33(27)20-10-8-19(28)9-11-20/h5-11,17,23H,12-16H2,1-4H3,(H,30,34). The molecule has 1 N–H and O–H groups in total. The number of aryl methyl sites for hydroxylation is 1. The van der Waals surface area contributed by atoms with Crippen LogP contribution in [0.15, 0.2) is 46.9 Å². The van der Waals surface area contributed by atoms with E-state index in [1.807, 2.05) is 38.1 Å². The van der Waals surface area contributed by atoms with Crippen LogP contribution >= 0.6 is 15.9 Å². The van der Waals surface area contributed by atoms with Gasteiger partial charge in [-0.05, 0) is 61.6 Å². The van der Waals surface area contributed by atoms with Crippen molar-refractivity contribution in [3.8, 4) is 0 Å². The highest BCUT2D eigenvalue weighted by molar-refractivity contribution is 9.10. The first-order valence-corrected chi connectivity index (χ1v) is 13.0. The van der Waals surface area contributed by atoms with Crippen molar-refractivity contribution in [1.29, 1.82) is 0 Å². The molecule has 9 heteroatoms. The molecule has 0 aromatic heterocycles. The third-order valence-corrected chi connectivity index (χ3v) is 7.84. The molecule has 7 nitrogen and oxygen atoms in total. The minimum Gasteiger partial charge on any atom is -0.341 e. The fraction of sp³-hybridized carbons (Fsp3) is 0.444. The summed E-state index contributed by atoms with van der Waals surface area (Å²) < 4.78 is 15.5. The molecular weight excluding hydrogens is 527 g/mol. The Hall–Kier alpha value is -2.94. The normalized spacial score (nSPS) is 18.2. The number of benzene rings is 2. The van der Waals surface area contributed by atoms with Crippen LogP contribution in [0.3, 0.4) is 0 Å². The van der Waals surface area contributed by atoms with Gasteiger partial charge in [0.05, 0.1) is 12.2 Å². The van der Waals surface area contributed by atoms with Crippen molar-refractivity contribution in [1.82, 2.24) is 15.1 Å². The topological polar surface area (TPSA) is 73.0 Å². The van der Waals surface area contributed by atoms with Gasteiger partial charge in [0.25, 0.3) is 5.91 Å². The third kappa shape index (κ3) is 4.73. The minimum absolute atomic E-state index is 0.0566. The Kier molecular flexibility index (Phi) is 7.41. The predicted molar refractivity (Wildman–Crippen MR) is 140 cm³/mol. The molecule has 36 heavy (non-hydrogen) atoms. The van der Waals surface area contributed by atoms with Gasteiger partial charge in [-0.3, -0.25) is 14.4 Å². The van der Waals surface area contributed by atoms with Crippen LogP contribution in [0.4, 0.5) is 10.1 Å². The number of likely N-dealkylation sites (N-methyl/N-ethyl adjacent to an activating group) is 1. The number of amides is 3. The van der Waals surface area contributed by atoms with Crippen molar-refractivity contribution in [2.24, 2.45) is 5.92 Å². The van der Waals surface area contributed by atoms with Crippen LogP contribution in [0.5, 0.6) is 0 Å². The highest BCUT2D eigenvalue weighted by Gasteiger charge is 2.53. The van der Waals surface area contributed by atoms with Crippen molar-refractivity contribution in [3.05, 3.63) is 63.9 Å². The van der Waals surface area contributed by atoms with Gasteiger partial charge >= 0.3 is 0 Å². The highest BCUT2D eigenvalue weighted by atomic mass is 79.9. The van der Waals surface area contributed by atoms with Crippen LogP contribution in [-0.2, 0) is 9.59 Å². The second-order valence-electron chi connectivity index (χ2n) is 10.0. The molecule has 3 amide bonds. The zero-order valence-electron chi connectivity index (χ0n) is 21.1. The second kappa shape index (κ2) is 10.2. The molecule has 1 spiro atoms. The molecule has 0 radical (unpaired) electrons. The van der Waals surface area contributed by atoms with Crippen molar-refractivity contribution in [3.63, 3.8) is 0 Å². The van der Waals surface area contributed by atoms with Crippen LogP contribution in [0, 0.1) is 18.7 Å². The van der Waals surface area contributed by atoms with E-state index >= 15 is 0 Å². The van der Waals surface area contributed by atoms with Gasteiger partial charge in [-0.15, -0.1) is 0 Å². The quantitative estimate of drug-likeness (QED) is 0.603. The zero-order chi connectivity index (χ0) is 26.2. The SMILES string of the molecule is Cc1cccc(C(=O)NC(C(=O)N2CCC3(CC2)C(=O)N(C)CN3c2ccc(Br)cc2)C(C)C)c1F. The zero-order valence-corrected chi connectivity index (χ0v) is 22.6. The van der Waals surface area contributed by atoms with E-state index < -0.39 is 23.3 Å². The molecule has 4 rings (SSSR count). The highest BCUT2D eigenvalue weighted by Crippen LogP contribution is 2.39. The number of halogens is 2. The molecule has 0 bridgehead atoms. The van der Waals surface area contributed by atoms with Gasteiger partial charge in [0.2, 0.25) is 11.8 Å². The molecule has 2 aromatic carbocycles. The first-order chi connectivity index (χ1) is 17.0. The Bertz CT molecular complexity index is 1160. The van der Waals surface area contributed by atoms with Crippen molar-refractivity contribution >= 4 is 39.3 Å². The number of carbonyl (C=O) groups is 3. The molecule has 1 atom stereocenters. The first-order valence-electron chi connectivity index (χ1n) is 12.2. The number of anilines is 1. The summed E-state index contributed by atoms with van der Waals surface area (Å²) in [5, 5.41) is 2.75. The number of hydrogen-bond donors (Lipinski definition) is 1. The van der Waals surface area contributed by atoms with Crippen molar-refractivity contribution in [2.75, 3.05) is 31.7 Å². The van der Waals surface area contributed by atoms with Gasteiger partial charge in [0.15, 0.2) is 0 Å². The molecule has 2 aliphatic heterocycles. The van der Waals surface area contributed by atoms with E-state index in [4.69, 9.17) is 0 Å². The Morgan fingerprint density at radius 2 is 1.72 bits per heavy atom. The summed E-state index contributed by atoms with van der Waals surface area (Å²) in [4.78, 5) is 45.2. The molecule has 1 unspecified atom stereocenters. The van der Waals surface area contributed by atoms with E-state index in [9.17, 15) is 18.8 Å². The van der Waals surface area contributed by atoms with Gasteiger partial charge < -0.3 is 20.0 Å². The predicted octanol–water partition coefficient (Wildman–Crippen LogP) is 3.95. The molecule has 2 saturated heterocycles. The molecule has 2 fully saturated rings. The lowest BCUT2D eigenvalue weighted by molar-refractivity contribution is -0.139. The number of rotatable bonds is 5. The summed E-state index contributed by atoms with van der Waals surface area (Å²) in [6.45, 7) is 6.57. The molecular formula is C27H32BrFN4O3. The summed E-state index contributed by atoms with van der Waals surface area (Å²) in [7, 11) is 1.80. The van der Waals surface area contributed by atoms with E-state index in [2.05, 4.69) is 26.1 Å². The lowest BCUT2D eigenvalue weighted by atomic mass is 9.85. The van der Waals surface area contributed by atoms with E-state index in [1.54, 1.807) is 35.9 Å². The first kappa shape index (κ1) is 26.1. The Morgan fingerprint density at radius 3 is 2.33 bits per heavy atom. The second-order valence-corrected chi connectivity index (χ2v) is 11.0. The lowest BCUT2D eigenvalue weighted by Crippen LogP contribution is -2.60. The summed E-state index contributed by atoms with van der Waals surface area (Å²) in [5.74, 6) is -1.53. The Balaban J connectivity index is 1.49. The maximum atomic E-state index is 14.5. The van der Waals surface area contributed by atoms with E-state index in [1.165, 1.54) is 6.07 Å². The smallest absolute Gasteiger partial charge is 0.254 e. The van der Waals surface area contributed by atoms with Crippen LogP contribution in [0.2, 0.25) is 0 Å². The average Bonchev–Trinajstić information content (AvgIpc) is 3.09. The molecule has 0 aliphatic carbocycles. The summed E-state index contributed by atoms with van der Waals surface area (Å²) >= 11 is 3.46. The number of likely N-dealkylation sites (tertiary alicyclic amines) is 1. The van der Waals surface area contributed by atoms with Gasteiger partial charge in [0, 0.05) is 30.3 Å². The minimum atomic E-state index is -0.795. The fourth-order valence-electron chi connectivity index (χ4n) is 5.17. The Labute approximate surface area is 219 Å². The summed E-state index contributed by atoms with van der Waals surface area (Å²) in [6.07, 6.45) is 0.979. The maximum Gasteiger partial charge on any atom is 0.254 e. The molecule has 2 aromatic rings. The molecule has 2 heterocycles. The largest absolute Gasteiger partial charge is 0.341 e. The van der Waals surface area contributed by atoms with Crippen molar-refractivity contribution in [2.45, 2.75) is 45.2 Å². The summed E-state index contributed by atoms with van der Waals surface area (Å²) in [6, 6.07) is 11.7. The van der Waals surface area contributed by atoms with Gasteiger partial charge in [-0.2, -0.15) is 0 Å². The van der Waals surface area contributed by atoms with Gasteiger partial charge in [-0.25, -0.2) is 4.39 Å². The van der Waals surface area contributed by atoms with Gasteiger partial charge in [-0.1, -0.05) is 41.9 Å². The Morgan fingerprint density at radius 1 is 1.08 bits per heavy atom. The van der Waals surface area contributed by atoms with E-state index in [0.717, 1.165) is 10.2 Å². The average molecular weight is 559 g/mol. The lowest BCUT2D eigenvalue weighted by Gasteiger charge is -2.44. The van der Waals surface area contributed by atoms with E-state index in [-0.39, 0.29) is 23.3 Å². The monoisotopic (exact) mass is 558 g/mol. The van der Waals surface area contributed by atoms with E-state index in [0.29, 0.717) is 38.2 Å². The number of nitrogens with one attached hydrogen (secondary N) is 1. The van der Waals surface area contributed by atoms with Crippen LogP contribution in [0.1, 0.15) is 42.6 Å². The van der Waals surface area contributed by atoms with Gasteiger partial charge in [0.1, 0.15) is 17.4 Å². The molecule has 192 valence electrons. The number of piperidine rings is 1.